The van der Waals surface area contributed by atoms with Crippen molar-refractivity contribution >= 4 is 5.91 Å². The van der Waals surface area contributed by atoms with E-state index in [1.165, 1.54) is 6.07 Å². The number of nitrogens with zero attached hydrogens (tertiary/aromatic N) is 3. The Labute approximate surface area is 178 Å². The van der Waals surface area contributed by atoms with E-state index in [0.717, 1.165) is 36.4 Å². The lowest BCUT2D eigenvalue weighted by atomic mass is 9.93. The topological polar surface area (TPSA) is 46.1 Å². The monoisotopic (exact) mass is 425 g/mol. The van der Waals surface area contributed by atoms with Crippen LogP contribution < -0.4 is 0 Å². The summed E-state index contributed by atoms with van der Waals surface area (Å²) in [4.78, 5) is 23.4. The molecule has 7 heteroatoms. The Balaban J connectivity index is 1.50. The van der Waals surface area contributed by atoms with Crippen LogP contribution in [0.3, 0.4) is 0 Å². The fourth-order valence-corrected chi connectivity index (χ4v) is 3.91. The number of carbonyl (C=O) groups is 1. The maximum absolute atomic E-state index is 13.1. The molecule has 1 fully saturated rings. The maximum Gasteiger partial charge on any atom is 0.416 e. The van der Waals surface area contributed by atoms with Crippen molar-refractivity contribution in [2.75, 3.05) is 13.1 Å². The molecule has 0 aliphatic carbocycles. The number of pyridine rings is 2. The Morgan fingerprint density at radius 2 is 1.90 bits per heavy atom. The van der Waals surface area contributed by atoms with Gasteiger partial charge in [0.25, 0.3) is 0 Å². The standard InChI is InChI=1S/C24H22F3N3O/c25-24(26,27)19-8-3-6-17(14-19)21-10-4-11-22(29-21)18-7-5-13-30(16-18)23(31)15-20-9-1-2-12-28-20/h1-4,6,8-12,14,18H,5,7,13,15-16H2. The van der Waals surface area contributed by atoms with Gasteiger partial charge in [0.1, 0.15) is 0 Å². The molecule has 2 aromatic heterocycles. The molecule has 3 heterocycles. The number of aromatic nitrogens is 2. The van der Waals surface area contributed by atoms with Crippen molar-refractivity contribution in [1.29, 1.82) is 0 Å². The molecule has 1 atom stereocenters. The number of carbonyl (C=O) groups excluding carboxylic acids is 1. The number of alkyl halides is 3. The molecule has 31 heavy (non-hydrogen) atoms. The zero-order valence-electron chi connectivity index (χ0n) is 16.8. The molecule has 1 saturated heterocycles. The van der Waals surface area contributed by atoms with Gasteiger partial charge in [0.2, 0.25) is 5.91 Å². The van der Waals surface area contributed by atoms with E-state index < -0.39 is 11.7 Å². The summed E-state index contributed by atoms with van der Waals surface area (Å²) >= 11 is 0. The number of rotatable bonds is 4. The molecule has 4 nitrogen and oxygen atoms in total. The van der Waals surface area contributed by atoms with Crippen LogP contribution in [0.4, 0.5) is 13.2 Å². The minimum absolute atomic E-state index is 0.0254. The van der Waals surface area contributed by atoms with E-state index in [4.69, 9.17) is 0 Å². The largest absolute Gasteiger partial charge is 0.416 e. The van der Waals surface area contributed by atoms with E-state index in [-0.39, 0.29) is 18.2 Å². The Kier molecular flexibility index (Phi) is 6.02. The lowest BCUT2D eigenvalue weighted by molar-refractivity contribution is -0.137. The van der Waals surface area contributed by atoms with Crippen molar-refractivity contribution < 1.29 is 18.0 Å². The minimum atomic E-state index is -4.40. The Hall–Kier alpha value is -3.22. The Morgan fingerprint density at radius 3 is 2.68 bits per heavy atom. The quantitative estimate of drug-likeness (QED) is 0.584. The highest BCUT2D eigenvalue weighted by Crippen LogP contribution is 2.33. The van der Waals surface area contributed by atoms with Crippen LogP contribution in [0.1, 0.15) is 35.7 Å². The van der Waals surface area contributed by atoms with Crippen molar-refractivity contribution in [3.05, 3.63) is 83.8 Å². The number of amides is 1. The van der Waals surface area contributed by atoms with E-state index in [2.05, 4.69) is 9.97 Å². The summed E-state index contributed by atoms with van der Waals surface area (Å²) in [6.07, 6.45) is -0.734. The number of piperidine rings is 1. The summed E-state index contributed by atoms with van der Waals surface area (Å²) in [6, 6.07) is 16.1. The first-order valence-electron chi connectivity index (χ1n) is 10.2. The van der Waals surface area contributed by atoms with Crippen LogP contribution in [0.25, 0.3) is 11.3 Å². The van der Waals surface area contributed by atoms with Crippen molar-refractivity contribution in [3.8, 4) is 11.3 Å². The molecule has 0 saturated carbocycles. The van der Waals surface area contributed by atoms with Crippen molar-refractivity contribution in [2.24, 2.45) is 0 Å². The van der Waals surface area contributed by atoms with E-state index >= 15 is 0 Å². The van der Waals surface area contributed by atoms with Gasteiger partial charge in [-0.25, -0.2) is 0 Å². The zero-order valence-corrected chi connectivity index (χ0v) is 16.8. The molecule has 1 aromatic carbocycles. The average molecular weight is 425 g/mol. The normalized spacial score (nSPS) is 16.9. The van der Waals surface area contributed by atoms with Gasteiger partial charge in [-0.3, -0.25) is 14.8 Å². The number of hydrogen-bond donors (Lipinski definition) is 0. The third-order valence-corrected chi connectivity index (χ3v) is 5.51. The van der Waals surface area contributed by atoms with Crippen molar-refractivity contribution in [2.45, 2.75) is 31.4 Å². The van der Waals surface area contributed by atoms with Gasteiger partial charge in [0.05, 0.1) is 17.7 Å². The molecular formula is C24H22F3N3O. The van der Waals surface area contributed by atoms with E-state index in [1.807, 2.05) is 35.2 Å². The van der Waals surface area contributed by atoms with Crippen molar-refractivity contribution in [3.63, 3.8) is 0 Å². The summed E-state index contributed by atoms with van der Waals surface area (Å²) in [5.74, 6) is 0.0737. The second-order valence-electron chi connectivity index (χ2n) is 7.70. The SMILES string of the molecule is O=C(Cc1ccccn1)N1CCCC(c2cccc(-c3cccc(C(F)(F)F)c3)n2)C1. The smallest absolute Gasteiger partial charge is 0.342 e. The molecule has 0 spiro atoms. The lowest BCUT2D eigenvalue weighted by Gasteiger charge is -2.32. The summed E-state index contributed by atoms with van der Waals surface area (Å²) in [7, 11) is 0. The minimum Gasteiger partial charge on any atom is -0.342 e. The van der Waals surface area contributed by atoms with E-state index in [0.29, 0.717) is 24.3 Å². The molecule has 0 radical (unpaired) electrons. The molecule has 4 rings (SSSR count). The molecule has 0 N–H and O–H groups in total. The Morgan fingerprint density at radius 1 is 1.06 bits per heavy atom. The third kappa shape index (κ3) is 5.10. The number of halogens is 3. The molecule has 0 bridgehead atoms. The first-order valence-corrected chi connectivity index (χ1v) is 10.2. The van der Waals surface area contributed by atoms with Gasteiger partial charge < -0.3 is 4.90 Å². The second kappa shape index (κ2) is 8.88. The molecule has 1 amide bonds. The van der Waals surface area contributed by atoms with Crippen LogP contribution in [-0.2, 0) is 17.4 Å². The van der Waals surface area contributed by atoms with Crippen LogP contribution in [-0.4, -0.2) is 33.9 Å². The van der Waals surface area contributed by atoms with Crippen LogP contribution in [0, 0.1) is 0 Å². The zero-order chi connectivity index (χ0) is 21.8. The van der Waals surface area contributed by atoms with Gasteiger partial charge in [-0.15, -0.1) is 0 Å². The molecule has 3 aromatic rings. The maximum atomic E-state index is 13.1. The third-order valence-electron chi connectivity index (χ3n) is 5.51. The Bertz CT molecular complexity index is 1050. The van der Waals surface area contributed by atoms with Crippen LogP contribution in [0.2, 0.25) is 0 Å². The first kappa shape index (κ1) is 21.0. The van der Waals surface area contributed by atoms with Gasteiger partial charge >= 0.3 is 6.18 Å². The highest BCUT2D eigenvalue weighted by molar-refractivity contribution is 5.78. The van der Waals surface area contributed by atoms with E-state index in [1.54, 1.807) is 18.3 Å². The highest BCUT2D eigenvalue weighted by atomic mass is 19.4. The molecule has 1 aliphatic heterocycles. The molecule has 1 unspecified atom stereocenters. The molecule has 160 valence electrons. The van der Waals surface area contributed by atoms with Crippen LogP contribution in [0.15, 0.2) is 66.9 Å². The van der Waals surface area contributed by atoms with Gasteiger partial charge in [0, 0.05) is 42.2 Å². The predicted octanol–water partition coefficient (Wildman–Crippen LogP) is 5.11. The van der Waals surface area contributed by atoms with Crippen LogP contribution in [0.5, 0.6) is 0 Å². The summed E-state index contributed by atoms with van der Waals surface area (Å²) < 4.78 is 39.2. The number of hydrogen-bond acceptors (Lipinski definition) is 3. The predicted molar refractivity (Wildman–Crippen MR) is 111 cm³/mol. The lowest BCUT2D eigenvalue weighted by Crippen LogP contribution is -2.40. The van der Waals surface area contributed by atoms with Gasteiger partial charge in [0.15, 0.2) is 0 Å². The summed E-state index contributed by atoms with van der Waals surface area (Å²) in [5, 5.41) is 0. The average Bonchev–Trinajstić information content (AvgIpc) is 2.79. The van der Waals surface area contributed by atoms with Crippen LogP contribution >= 0.6 is 0 Å². The molecule has 1 aliphatic rings. The second-order valence-corrected chi connectivity index (χ2v) is 7.70. The number of likely N-dealkylation sites (tertiary alicyclic amines) is 1. The van der Waals surface area contributed by atoms with Gasteiger partial charge in [-0.2, -0.15) is 13.2 Å². The first-order chi connectivity index (χ1) is 14.9. The van der Waals surface area contributed by atoms with Gasteiger partial charge in [-0.05, 0) is 49.2 Å². The fourth-order valence-electron chi connectivity index (χ4n) is 3.91. The number of benzene rings is 1. The van der Waals surface area contributed by atoms with E-state index in [9.17, 15) is 18.0 Å². The van der Waals surface area contributed by atoms with Gasteiger partial charge in [-0.1, -0.05) is 24.3 Å². The fraction of sp³-hybridized carbons (Fsp3) is 0.292. The molecular weight excluding hydrogens is 403 g/mol. The summed E-state index contributed by atoms with van der Waals surface area (Å²) in [6.45, 7) is 1.24. The highest BCUT2D eigenvalue weighted by Gasteiger charge is 2.31. The van der Waals surface area contributed by atoms with Crippen molar-refractivity contribution in [1.82, 2.24) is 14.9 Å². The summed E-state index contributed by atoms with van der Waals surface area (Å²) in [5.41, 5.74) is 1.77.